The van der Waals surface area contributed by atoms with Crippen LogP contribution in [0.4, 0.5) is 0 Å². The summed E-state index contributed by atoms with van der Waals surface area (Å²) < 4.78 is 1.80. The van der Waals surface area contributed by atoms with E-state index in [2.05, 4.69) is 27.5 Å². The van der Waals surface area contributed by atoms with Crippen LogP contribution in [0.25, 0.3) is 0 Å². The molecule has 0 spiro atoms. The van der Waals surface area contributed by atoms with Gasteiger partial charge in [0.05, 0.1) is 17.9 Å². The number of pyridine rings is 1. The molecule has 2 heterocycles. The summed E-state index contributed by atoms with van der Waals surface area (Å²) in [5, 5.41) is 11.4. The van der Waals surface area contributed by atoms with Crippen LogP contribution < -0.4 is 5.32 Å². The minimum Gasteiger partial charge on any atom is -0.305 e. The van der Waals surface area contributed by atoms with Gasteiger partial charge in [0.1, 0.15) is 0 Å². The van der Waals surface area contributed by atoms with E-state index >= 15 is 0 Å². The number of aryl methyl sites for hydroxylation is 1. The third-order valence-electron chi connectivity index (χ3n) is 2.68. The van der Waals surface area contributed by atoms with E-state index in [1.807, 2.05) is 19.2 Å². The maximum Gasteiger partial charge on any atom is 0.0798 e. The van der Waals surface area contributed by atoms with Crippen LogP contribution in [-0.2, 0) is 7.05 Å². The summed E-state index contributed by atoms with van der Waals surface area (Å²) in [4.78, 5) is 4.05. The molecule has 5 nitrogen and oxygen atoms in total. The first-order valence-electron chi connectivity index (χ1n) is 5.80. The van der Waals surface area contributed by atoms with E-state index in [4.69, 9.17) is 0 Å². The minimum absolute atomic E-state index is 0.123. The molecule has 2 rings (SSSR count). The fraction of sp³-hybridized carbons (Fsp3) is 0.417. The standard InChI is InChI=1S/C12H17N5/c1-3-6-14-12(10-4-7-13-8-5-10)11-9-15-16-17(11)2/h4-5,7-9,12,14H,3,6H2,1-2H3. The number of hydrogen-bond acceptors (Lipinski definition) is 4. The minimum atomic E-state index is 0.123. The fourth-order valence-electron chi connectivity index (χ4n) is 1.80. The summed E-state index contributed by atoms with van der Waals surface area (Å²) >= 11 is 0. The Hall–Kier alpha value is -1.75. The fourth-order valence-corrected chi connectivity index (χ4v) is 1.80. The van der Waals surface area contributed by atoms with Crippen molar-refractivity contribution in [2.45, 2.75) is 19.4 Å². The first kappa shape index (κ1) is 11.7. The van der Waals surface area contributed by atoms with Crippen LogP contribution in [0.3, 0.4) is 0 Å². The van der Waals surface area contributed by atoms with Crippen LogP contribution in [0.15, 0.2) is 30.7 Å². The zero-order valence-corrected chi connectivity index (χ0v) is 10.2. The molecule has 1 N–H and O–H groups in total. The van der Waals surface area contributed by atoms with E-state index in [1.54, 1.807) is 23.3 Å². The monoisotopic (exact) mass is 231 g/mol. The van der Waals surface area contributed by atoms with E-state index < -0.39 is 0 Å². The van der Waals surface area contributed by atoms with Gasteiger partial charge in [0.25, 0.3) is 0 Å². The SMILES string of the molecule is CCCNC(c1ccncc1)c1cnnn1C. The van der Waals surface area contributed by atoms with Gasteiger partial charge in [-0.2, -0.15) is 0 Å². The van der Waals surface area contributed by atoms with Gasteiger partial charge in [-0.15, -0.1) is 5.10 Å². The highest BCUT2D eigenvalue weighted by Crippen LogP contribution is 2.19. The van der Waals surface area contributed by atoms with E-state index in [0.29, 0.717) is 0 Å². The van der Waals surface area contributed by atoms with Crippen LogP contribution in [-0.4, -0.2) is 26.5 Å². The van der Waals surface area contributed by atoms with Gasteiger partial charge < -0.3 is 5.32 Å². The zero-order valence-electron chi connectivity index (χ0n) is 10.2. The lowest BCUT2D eigenvalue weighted by Crippen LogP contribution is -2.25. The Morgan fingerprint density at radius 2 is 2.12 bits per heavy atom. The summed E-state index contributed by atoms with van der Waals surface area (Å²) in [5.41, 5.74) is 2.24. The Labute approximate surface area is 101 Å². The van der Waals surface area contributed by atoms with Crippen LogP contribution in [0.5, 0.6) is 0 Å². The predicted octanol–water partition coefficient (Wildman–Crippen LogP) is 1.30. The van der Waals surface area contributed by atoms with Crippen molar-refractivity contribution in [2.75, 3.05) is 6.54 Å². The van der Waals surface area contributed by atoms with Crippen molar-refractivity contribution >= 4 is 0 Å². The van der Waals surface area contributed by atoms with E-state index in [0.717, 1.165) is 18.7 Å². The van der Waals surface area contributed by atoms with Crippen molar-refractivity contribution in [1.82, 2.24) is 25.3 Å². The summed E-state index contributed by atoms with van der Waals surface area (Å²) in [6, 6.07) is 4.15. The molecule has 0 aromatic carbocycles. The van der Waals surface area contributed by atoms with Crippen LogP contribution >= 0.6 is 0 Å². The molecule has 0 aliphatic heterocycles. The normalized spacial score (nSPS) is 12.6. The Morgan fingerprint density at radius 1 is 1.35 bits per heavy atom. The molecule has 0 amide bonds. The summed E-state index contributed by atoms with van der Waals surface area (Å²) in [7, 11) is 1.91. The van der Waals surface area contributed by atoms with Crippen molar-refractivity contribution in [3.8, 4) is 0 Å². The van der Waals surface area contributed by atoms with Gasteiger partial charge >= 0.3 is 0 Å². The van der Waals surface area contributed by atoms with E-state index in [1.165, 1.54) is 5.56 Å². The molecule has 90 valence electrons. The lowest BCUT2D eigenvalue weighted by atomic mass is 10.1. The van der Waals surface area contributed by atoms with Crippen molar-refractivity contribution in [3.05, 3.63) is 42.0 Å². The third-order valence-corrected chi connectivity index (χ3v) is 2.68. The average Bonchev–Trinajstić information content (AvgIpc) is 2.78. The van der Waals surface area contributed by atoms with Gasteiger partial charge in [0, 0.05) is 19.4 Å². The molecule has 0 aliphatic carbocycles. The molecule has 0 aliphatic rings. The second kappa shape index (κ2) is 5.54. The Kier molecular flexibility index (Phi) is 3.82. The van der Waals surface area contributed by atoms with Crippen molar-refractivity contribution in [1.29, 1.82) is 0 Å². The highest BCUT2D eigenvalue weighted by atomic mass is 15.4. The maximum atomic E-state index is 4.05. The topological polar surface area (TPSA) is 55.6 Å². The molecular formula is C12H17N5. The van der Waals surface area contributed by atoms with Gasteiger partial charge in [-0.05, 0) is 30.7 Å². The number of nitrogens with one attached hydrogen (secondary N) is 1. The molecule has 5 heteroatoms. The Bertz CT molecular complexity index is 451. The smallest absolute Gasteiger partial charge is 0.0798 e. The lowest BCUT2D eigenvalue weighted by Gasteiger charge is -2.18. The summed E-state index contributed by atoms with van der Waals surface area (Å²) in [6.07, 6.45) is 6.50. The van der Waals surface area contributed by atoms with Crippen LogP contribution in [0.1, 0.15) is 30.6 Å². The lowest BCUT2D eigenvalue weighted by molar-refractivity contribution is 0.550. The Balaban J connectivity index is 2.29. The van der Waals surface area contributed by atoms with Crippen molar-refractivity contribution in [3.63, 3.8) is 0 Å². The average molecular weight is 231 g/mol. The first-order chi connectivity index (χ1) is 8.33. The first-order valence-corrected chi connectivity index (χ1v) is 5.80. The number of aromatic nitrogens is 4. The van der Waals surface area contributed by atoms with E-state index in [-0.39, 0.29) is 6.04 Å². The number of rotatable bonds is 5. The molecule has 0 fully saturated rings. The number of nitrogens with zero attached hydrogens (tertiary/aromatic N) is 4. The second-order valence-electron chi connectivity index (χ2n) is 3.95. The molecule has 2 aromatic rings. The van der Waals surface area contributed by atoms with Gasteiger partial charge in [0.15, 0.2) is 0 Å². The molecule has 1 atom stereocenters. The summed E-state index contributed by atoms with van der Waals surface area (Å²) in [5.74, 6) is 0. The van der Waals surface area contributed by atoms with Gasteiger partial charge in [-0.1, -0.05) is 12.1 Å². The summed E-state index contributed by atoms with van der Waals surface area (Å²) in [6.45, 7) is 3.11. The molecular weight excluding hydrogens is 214 g/mol. The molecule has 1 unspecified atom stereocenters. The molecule has 0 bridgehead atoms. The van der Waals surface area contributed by atoms with Gasteiger partial charge in [0.2, 0.25) is 0 Å². The molecule has 17 heavy (non-hydrogen) atoms. The van der Waals surface area contributed by atoms with Crippen LogP contribution in [0.2, 0.25) is 0 Å². The quantitative estimate of drug-likeness (QED) is 0.842. The highest BCUT2D eigenvalue weighted by Gasteiger charge is 2.16. The van der Waals surface area contributed by atoms with Crippen molar-refractivity contribution in [2.24, 2.45) is 7.05 Å². The predicted molar refractivity (Wildman–Crippen MR) is 65.4 cm³/mol. The molecule has 0 saturated heterocycles. The zero-order chi connectivity index (χ0) is 12.1. The van der Waals surface area contributed by atoms with E-state index in [9.17, 15) is 0 Å². The van der Waals surface area contributed by atoms with Crippen LogP contribution in [0, 0.1) is 0 Å². The molecule has 0 radical (unpaired) electrons. The van der Waals surface area contributed by atoms with Crippen molar-refractivity contribution < 1.29 is 0 Å². The highest BCUT2D eigenvalue weighted by molar-refractivity contribution is 5.24. The maximum absolute atomic E-state index is 4.05. The largest absolute Gasteiger partial charge is 0.305 e. The Morgan fingerprint density at radius 3 is 2.71 bits per heavy atom. The third kappa shape index (κ3) is 2.68. The molecule has 2 aromatic heterocycles. The van der Waals surface area contributed by atoms with Gasteiger partial charge in [-0.25, -0.2) is 0 Å². The van der Waals surface area contributed by atoms with Gasteiger partial charge in [-0.3, -0.25) is 9.67 Å². The molecule has 0 saturated carbocycles. The number of hydrogen-bond donors (Lipinski definition) is 1. The second-order valence-corrected chi connectivity index (χ2v) is 3.95.